The predicted molar refractivity (Wildman–Crippen MR) is 53.4 cm³/mol. The Morgan fingerprint density at radius 1 is 1.23 bits per heavy atom. The molecule has 0 bridgehead atoms. The molecule has 0 unspecified atom stereocenters. The Kier molecular flexibility index (Phi) is 5.14. The Labute approximate surface area is 79.9 Å². The molecular formula is C11H18O2. The molecule has 1 N–H and O–H groups in total. The van der Waals surface area contributed by atoms with Crippen LogP contribution in [0.4, 0.5) is 0 Å². The fourth-order valence-electron chi connectivity index (χ4n) is 1.65. The maximum absolute atomic E-state index is 8.33. The molecule has 1 fully saturated rings. The van der Waals surface area contributed by atoms with E-state index in [1.807, 2.05) is 0 Å². The van der Waals surface area contributed by atoms with Crippen molar-refractivity contribution in [1.82, 2.24) is 0 Å². The Balaban J connectivity index is 2.07. The Hall–Kier alpha value is -0.920. The lowest BCUT2D eigenvalue weighted by Gasteiger charge is -2.17. The van der Waals surface area contributed by atoms with Crippen LogP contribution in [0.3, 0.4) is 0 Å². The minimum atomic E-state index is 0.458. The van der Waals surface area contributed by atoms with Crippen molar-refractivity contribution < 1.29 is 9.84 Å². The first-order chi connectivity index (χ1) is 6.43. The van der Waals surface area contributed by atoms with Crippen LogP contribution in [0.2, 0.25) is 0 Å². The number of aliphatic hydroxyl groups is 1. The maximum atomic E-state index is 8.33. The van der Waals surface area contributed by atoms with Crippen LogP contribution in [0.15, 0.2) is 24.7 Å². The lowest BCUT2D eigenvalue weighted by atomic mass is 9.89. The molecule has 2 nitrogen and oxygen atoms in total. The van der Waals surface area contributed by atoms with Gasteiger partial charge in [0.2, 0.25) is 0 Å². The fourth-order valence-corrected chi connectivity index (χ4v) is 1.65. The summed E-state index contributed by atoms with van der Waals surface area (Å²) in [5, 5.41) is 8.33. The summed E-state index contributed by atoms with van der Waals surface area (Å²) in [6.07, 6.45) is 13.2. The van der Waals surface area contributed by atoms with Gasteiger partial charge in [0.25, 0.3) is 0 Å². The molecule has 0 aliphatic heterocycles. The minimum Gasteiger partial charge on any atom is -0.516 e. The zero-order chi connectivity index (χ0) is 9.36. The summed E-state index contributed by atoms with van der Waals surface area (Å²) < 4.78 is 5.15. The molecular weight excluding hydrogens is 164 g/mol. The van der Waals surface area contributed by atoms with Crippen LogP contribution < -0.4 is 0 Å². The van der Waals surface area contributed by atoms with Gasteiger partial charge in [-0.25, -0.2) is 0 Å². The molecule has 13 heavy (non-hydrogen) atoms. The van der Waals surface area contributed by atoms with E-state index in [0.717, 1.165) is 6.26 Å². The highest BCUT2D eigenvalue weighted by Crippen LogP contribution is 2.24. The summed E-state index contributed by atoms with van der Waals surface area (Å²) in [5.41, 5.74) is 0. The molecule has 74 valence electrons. The zero-order valence-electron chi connectivity index (χ0n) is 7.98. The summed E-state index contributed by atoms with van der Waals surface area (Å²) in [4.78, 5) is 0. The highest BCUT2D eigenvalue weighted by molar-refractivity contribution is 4.86. The summed E-state index contributed by atoms with van der Waals surface area (Å²) in [5.74, 6) is 0.715. The van der Waals surface area contributed by atoms with E-state index in [1.54, 1.807) is 12.3 Å². The molecule has 1 saturated carbocycles. The second kappa shape index (κ2) is 6.58. The molecule has 1 aliphatic carbocycles. The number of allylic oxidation sites excluding steroid dienone is 1. The molecule has 0 aromatic carbocycles. The summed E-state index contributed by atoms with van der Waals surface area (Å²) in [6, 6.07) is 0. The third-order valence-corrected chi connectivity index (χ3v) is 2.39. The highest BCUT2D eigenvalue weighted by atomic mass is 16.5. The van der Waals surface area contributed by atoms with E-state index in [4.69, 9.17) is 9.84 Å². The van der Waals surface area contributed by atoms with E-state index in [2.05, 4.69) is 6.08 Å². The van der Waals surface area contributed by atoms with Crippen LogP contribution in [0.5, 0.6) is 0 Å². The normalized spacial score (nSPS) is 20.0. The van der Waals surface area contributed by atoms with Crippen LogP contribution in [-0.2, 0) is 4.74 Å². The van der Waals surface area contributed by atoms with E-state index in [1.165, 1.54) is 32.1 Å². The van der Waals surface area contributed by atoms with Crippen LogP contribution >= 0.6 is 0 Å². The SMILES string of the molecule is OC=CCOC=CC1CCCCC1. The standard InChI is InChI=1S/C11H18O2/c12-8-4-9-13-10-7-11-5-2-1-3-6-11/h4,7-8,10-12H,1-3,5-6,9H2. The second-order valence-corrected chi connectivity index (χ2v) is 3.44. The van der Waals surface area contributed by atoms with Crippen LogP contribution in [-0.4, -0.2) is 11.7 Å². The Morgan fingerprint density at radius 2 is 2.00 bits per heavy atom. The van der Waals surface area contributed by atoms with Crippen molar-refractivity contribution in [2.24, 2.45) is 5.92 Å². The van der Waals surface area contributed by atoms with Gasteiger partial charge in [-0.2, -0.15) is 0 Å². The van der Waals surface area contributed by atoms with Crippen LogP contribution in [0.1, 0.15) is 32.1 Å². The first-order valence-corrected chi connectivity index (χ1v) is 5.01. The van der Waals surface area contributed by atoms with Gasteiger partial charge in [0.1, 0.15) is 6.61 Å². The molecule has 0 atom stereocenters. The molecule has 0 aromatic heterocycles. The molecule has 0 aromatic rings. The summed E-state index contributed by atoms with van der Waals surface area (Å²) >= 11 is 0. The van der Waals surface area contributed by atoms with Gasteiger partial charge in [0, 0.05) is 0 Å². The van der Waals surface area contributed by atoms with E-state index in [0.29, 0.717) is 12.5 Å². The number of hydrogen-bond donors (Lipinski definition) is 1. The number of ether oxygens (including phenoxy) is 1. The van der Waals surface area contributed by atoms with Gasteiger partial charge in [-0.05, 0) is 30.9 Å². The molecule has 0 spiro atoms. The molecule has 0 radical (unpaired) electrons. The van der Waals surface area contributed by atoms with Gasteiger partial charge in [-0.1, -0.05) is 19.3 Å². The van der Waals surface area contributed by atoms with E-state index >= 15 is 0 Å². The van der Waals surface area contributed by atoms with Gasteiger partial charge >= 0.3 is 0 Å². The van der Waals surface area contributed by atoms with Gasteiger partial charge in [-0.15, -0.1) is 0 Å². The van der Waals surface area contributed by atoms with Crippen molar-refractivity contribution in [1.29, 1.82) is 0 Å². The highest BCUT2D eigenvalue weighted by Gasteiger charge is 2.09. The fraction of sp³-hybridized carbons (Fsp3) is 0.636. The van der Waals surface area contributed by atoms with Gasteiger partial charge in [0.05, 0.1) is 12.5 Å². The molecule has 2 heteroatoms. The van der Waals surface area contributed by atoms with E-state index < -0.39 is 0 Å². The Morgan fingerprint density at radius 3 is 2.69 bits per heavy atom. The minimum absolute atomic E-state index is 0.458. The van der Waals surface area contributed by atoms with Crippen LogP contribution in [0, 0.1) is 5.92 Å². The maximum Gasteiger partial charge on any atom is 0.109 e. The Bertz CT molecular complexity index is 167. The van der Waals surface area contributed by atoms with Crippen molar-refractivity contribution >= 4 is 0 Å². The third kappa shape index (κ3) is 4.61. The lowest BCUT2D eigenvalue weighted by molar-refractivity contribution is 0.280. The first-order valence-electron chi connectivity index (χ1n) is 5.01. The van der Waals surface area contributed by atoms with E-state index in [9.17, 15) is 0 Å². The van der Waals surface area contributed by atoms with Gasteiger partial charge in [-0.3, -0.25) is 0 Å². The largest absolute Gasteiger partial charge is 0.516 e. The predicted octanol–water partition coefficient (Wildman–Crippen LogP) is 3.17. The molecule has 1 aliphatic rings. The number of rotatable bonds is 4. The smallest absolute Gasteiger partial charge is 0.109 e. The zero-order valence-corrected chi connectivity index (χ0v) is 7.98. The number of aliphatic hydroxyl groups excluding tert-OH is 1. The van der Waals surface area contributed by atoms with Gasteiger partial charge < -0.3 is 9.84 Å². The topological polar surface area (TPSA) is 29.5 Å². The first kappa shape index (κ1) is 10.2. The molecule has 0 heterocycles. The van der Waals surface area contributed by atoms with Crippen molar-refractivity contribution in [3.8, 4) is 0 Å². The average Bonchev–Trinajstić information content (AvgIpc) is 2.19. The van der Waals surface area contributed by atoms with Crippen molar-refractivity contribution in [2.45, 2.75) is 32.1 Å². The van der Waals surface area contributed by atoms with Crippen molar-refractivity contribution in [3.63, 3.8) is 0 Å². The monoisotopic (exact) mass is 182 g/mol. The second-order valence-electron chi connectivity index (χ2n) is 3.44. The summed E-state index contributed by atoms with van der Waals surface area (Å²) in [6.45, 7) is 0.458. The third-order valence-electron chi connectivity index (χ3n) is 2.39. The molecule has 0 amide bonds. The van der Waals surface area contributed by atoms with Crippen molar-refractivity contribution in [3.05, 3.63) is 24.7 Å². The lowest BCUT2D eigenvalue weighted by Crippen LogP contribution is -2.02. The van der Waals surface area contributed by atoms with Crippen molar-refractivity contribution in [2.75, 3.05) is 6.61 Å². The quantitative estimate of drug-likeness (QED) is 0.534. The molecule has 1 rings (SSSR count). The van der Waals surface area contributed by atoms with E-state index in [-0.39, 0.29) is 0 Å². The number of hydrogen-bond acceptors (Lipinski definition) is 2. The molecule has 0 saturated heterocycles. The summed E-state index contributed by atoms with van der Waals surface area (Å²) in [7, 11) is 0. The van der Waals surface area contributed by atoms with Crippen LogP contribution in [0.25, 0.3) is 0 Å². The van der Waals surface area contributed by atoms with Gasteiger partial charge in [0.15, 0.2) is 0 Å². The average molecular weight is 182 g/mol.